The van der Waals surface area contributed by atoms with Gasteiger partial charge in [0.05, 0.1) is 18.4 Å². The molecule has 2 aromatic carbocycles. The summed E-state index contributed by atoms with van der Waals surface area (Å²) >= 11 is 0. The Bertz CT molecular complexity index is 1640. The molecule has 2 aromatic heterocycles. The van der Waals surface area contributed by atoms with Crippen LogP contribution in [0.1, 0.15) is 0 Å². The Labute approximate surface area is 224 Å². The van der Waals surface area contributed by atoms with E-state index in [1.165, 1.54) is 15.3 Å². The van der Waals surface area contributed by atoms with Gasteiger partial charge in [0, 0.05) is 50.5 Å². The molecule has 0 saturated heterocycles. The fourth-order valence-corrected chi connectivity index (χ4v) is 5.09. The van der Waals surface area contributed by atoms with Crippen LogP contribution in [0.3, 0.4) is 0 Å². The number of aryl methyl sites for hydroxylation is 1. The molecule has 0 spiro atoms. The number of hydrogen-bond donors (Lipinski definition) is 2. The summed E-state index contributed by atoms with van der Waals surface area (Å²) in [5, 5.41) is 10.8. The summed E-state index contributed by atoms with van der Waals surface area (Å²) in [5.41, 5.74) is 1.99. The summed E-state index contributed by atoms with van der Waals surface area (Å²) in [6, 6.07) is 7.47. The number of pyridine rings is 1. The monoisotopic (exact) mass is 553 g/mol. The van der Waals surface area contributed by atoms with Gasteiger partial charge in [-0.1, -0.05) is 19.6 Å². The Morgan fingerprint density at radius 2 is 1.90 bits per heavy atom. The molecule has 0 radical (unpaired) electrons. The van der Waals surface area contributed by atoms with Crippen LogP contribution < -0.4 is 20.9 Å². The number of hydrogen-bond acceptors (Lipinski definition) is 6. The van der Waals surface area contributed by atoms with Crippen molar-refractivity contribution in [1.29, 1.82) is 0 Å². The van der Waals surface area contributed by atoms with E-state index in [1.807, 2.05) is 0 Å². The summed E-state index contributed by atoms with van der Waals surface area (Å²) in [4.78, 5) is 25.5. The minimum absolute atomic E-state index is 0.0608. The van der Waals surface area contributed by atoms with E-state index < -0.39 is 19.7 Å². The average Bonchev–Trinajstić information content (AvgIpc) is 3.29. The Morgan fingerprint density at radius 1 is 1.10 bits per heavy atom. The molecule has 2 N–H and O–H groups in total. The fourth-order valence-electron chi connectivity index (χ4n) is 4.34. The summed E-state index contributed by atoms with van der Waals surface area (Å²) in [5.74, 6) is -2.04. The predicted octanol–water partition coefficient (Wildman–Crippen LogP) is 5.15. The zero-order chi connectivity index (χ0) is 27.9. The van der Waals surface area contributed by atoms with E-state index in [0.29, 0.717) is 40.0 Å². The number of carbonyl (C=O) groups excluding carboxylic acids is 1. The molecule has 39 heavy (non-hydrogen) atoms. The SMILES string of the molecule is Cn1cc(-c2ccc3c(c2Oc2ccc(F)cc2F)NC(=O)CN3)c2cnn(COCC[Si](C)(C)C)c2c1=O. The lowest BCUT2D eigenvalue weighted by Crippen LogP contribution is -2.27. The zero-order valence-electron chi connectivity index (χ0n) is 22.1. The molecule has 3 heterocycles. The summed E-state index contributed by atoms with van der Waals surface area (Å²) in [6.07, 6.45) is 3.21. The van der Waals surface area contributed by atoms with Gasteiger partial charge in [0.15, 0.2) is 17.3 Å². The van der Waals surface area contributed by atoms with Crippen LogP contribution in [0.2, 0.25) is 25.7 Å². The average molecular weight is 554 g/mol. The van der Waals surface area contributed by atoms with Crippen molar-refractivity contribution in [3.05, 3.63) is 64.7 Å². The normalized spacial score (nSPS) is 13.2. The van der Waals surface area contributed by atoms with Gasteiger partial charge >= 0.3 is 0 Å². The van der Waals surface area contributed by atoms with Gasteiger partial charge in [-0.05, 0) is 30.3 Å². The highest BCUT2D eigenvalue weighted by Gasteiger charge is 2.26. The molecular formula is C27H29F2N5O4Si. The molecule has 12 heteroatoms. The number of aromatic nitrogens is 3. The molecule has 1 aliphatic heterocycles. The molecule has 204 valence electrons. The Morgan fingerprint density at radius 3 is 2.64 bits per heavy atom. The van der Waals surface area contributed by atoms with E-state index in [1.54, 1.807) is 31.6 Å². The highest BCUT2D eigenvalue weighted by Crippen LogP contribution is 2.46. The van der Waals surface area contributed by atoms with Crippen molar-refractivity contribution in [3.63, 3.8) is 0 Å². The Kier molecular flexibility index (Phi) is 6.99. The van der Waals surface area contributed by atoms with Crippen LogP contribution in [-0.2, 0) is 23.3 Å². The molecular weight excluding hydrogens is 524 g/mol. The molecule has 5 rings (SSSR count). The third-order valence-electron chi connectivity index (χ3n) is 6.44. The highest BCUT2D eigenvalue weighted by molar-refractivity contribution is 6.76. The maximum absolute atomic E-state index is 14.6. The number of rotatable bonds is 8. The first-order valence-corrected chi connectivity index (χ1v) is 16.2. The van der Waals surface area contributed by atoms with Crippen molar-refractivity contribution in [1.82, 2.24) is 14.3 Å². The summed E-state index contributed by atoms with van der Waals surface area (Å²) in [7, 11) is 0.336. The van der Waals surface area contributed by atoms with Gasteiger partial charge in [-0.3, -0.25) is 9.59 Å². The van der Waals surface area contributed by atoms with Gasteiger partial charge in [-0.2, -0.15) is 5.10 Å². The van der Waals surface area contributed by atoms with Crippen LogP contribution >= 0.6 is 0 Å². The van der Waals surface area contributed by atoms with Gasteiger partial charge in [0.1, 0.15) is 23.8 Å². The molecule has 4 aromatic rings. The van der Waals surface area contributed by atoms with Crippen molar-refractivity contribution in [3.8, 4) is 22.6 Å². The van der Waals surface area contributed by atoms with E-state index in [9.17, 15) is 18.4 Å². The van der Waals surface area contributed by atoms with Crippen molar-refractivity contribution in [2.24, 2.45) is 7.05 Å². The number of benzene rings is 2. The van der Waals surface area contributed by atoms with E-state index >= 15 is 0 Å². The van der Waals surface area contributed by atoms with Gasteiger partial charge in [-0.25, -0.2) is 13.5 Å². The Balaban J connectivity index is 1.63. The standard InChI is InChI=1S/C27H29F2N5O4Si/c1-33-14-19(18-12-31-34(25(18)27(33)36)15-37-9-10-39(2,3)4)17-6-7-21-24(32-23(35)13-30-21)26(17)38-22-8-5-16(28)11-20(22)29/h5-8,11-12,14,30H,9-10,13,15H2,1-4H3,(H,32,35). The number of halogens is 2. The number of carbonyl (C=O) groups is 1. The highest BCUT2D eigenvalue weighted by atomic mass is 28.3. The van der Waals surface area contributed by atoms with E-state index in [-0.39, 0.29) is 36.2 Å². The molecule has 1 amide bonds. The third-order valence-corrected chi connectivity index (χ3v) is 8.15. The van der Waals surface area contributed by atoms with Crippen LogP contribution in [0.4, 0.5) is 20.2 Å². The molecule has 0 unspecified atom stereocenters. The number of fused-ring (bicyclic) bond motifs is 2. The van der Waals surface area contributed by atoms with Crippen LogP contribution in [0.25, 0.3) is 22.0 Å². The fraction of sp³-hybridized carbons (Fsp3) is 0.296. The largest absolute Gasteiger partial charge is 0.451 e. The van der Waals surface area contributed by atoms with E-state index in [2.05, 4.69) is 35.4 Å². The number of nitrogens with one attached hydrogen (secondary N) is 2. The summed E-state index contributed by atoms with van der Waals surface area (Å²) < 4.78 is 43.0. The van der Waals surface area contributed by atoms with E-state index in [4.69, 9.17) is 9.47 Å². The molecule has 0 atom stereocenters. The number of amides is 1. The minimum Gasteiger partial charge on any atom is -0.451 e. The van der Waals surface area contributed by atoms with Gasteiger partial charge in [-0.15, -0.1) is 0 Å². The number of anilines is 2. The zero-order valence-corrected chi connectivity index (χ0v) is 23.1. The molecule has 9 nitrogen and oxygen atoms in total. The molecule has 0 saturated carbocycles. The topological polar surface area (TPSA) is 99.4 Å². The second-order valence-electron chi connectivity index (χ2n) is 10.7. The minimum atomic E-state index is -1.29. The Hall–Kier alpha value is -4.03. The van der Waals surface area contributed by atoms with Crippen molar-refractivity contribution < 1.29 is 23.0 Å². The van der Waals surface area contributed by atoms with Gasteiger partial charge in [0.25, 0.3) is 5.56 Å². The third kappa shape index (κ3) is 5.43. The second kappa shape index (κ2) is 10.3. The molecule has 0 aliphatic carbocycles. The van der Waals surface area contributed by atoms with Crippen molar-refractivity contribution in [2.75, 3.05) is 23.8 Å². The van der Waals surface area contributed by atoms with Crippen molar-refractivity contribution >= 4 is 36.3 Å². The lowest BCUT2D eigenvalue weighted by molar-refractivity contribution is -0.114. The quantitative estimate of drug-likeness (QED) is 0.231. The maximum Gasteiger partial charge on any atom is 0.276 e. The lowest BCUT2D eigenvalue weighted by atomic mass is 10.0. The first-order chi connectivity index (χ1) is 18.5. The van der Waals surface area contributed by atoms with Gasteiger partial charge in [0.2, 0.25) is 5.91 Å². The number of nitrogens with zero attached hydrogens (tertiary/aromatic N) is 3. The second-order valence-corrected chi connectivity index (χ2v) is 16.3. The summed E-state index contributed by atoms with van der Waals surface area (Å²) in [6.45, 7) is 7.52. The van der Waals surface area contributed by atoms with Gasteiger partial charge < -0.3 is 24.7 Å². The number of ether oxygens (including phenoxy) is 2. The first-order valence-electron chi connectivity index (χ1n) is 12.5. The van der Waals surface area contributed by atoms with Crippen LogP contribution in [0.15, 0.2) is 47.5 Å². The molecule has 0 bridgehead atoms. The van der Waals surface area contributed by atoms with Crippen LogP contribution in [-0.4, -0.2) is 41.5 Å². The maximum atomic E-state index is 14.6. The van der Waals surface area contributed by atoms with Crippen molar-refractivity contribution in [2.45, 2.75) is 32.4 Å². The van der Waals surface area contributed by atoms with Crippen LogP contribution in [0.5, 0.6) is 11.5 Å². The smallest absolute Gasteiger partial charge is 0.276 e. The van der Waals surface area contributed by atoms with E-state index in [0.717, 1.165) is 18.2 Å². The first kappa shape index (κ1) is 26.6. The molecule has 0 fully saturated rings. The van der Waals surface area contributed by atoms with Crippen LogP contribution in [0, 0.1) is 11.6 Å². The lowest BCUT2D eigenvalue weighted by Gasteiger charge is -2.24. The predicted molar refractivity (Wildman–Crippen MR) is 148 cm³/mol. The molecule has 1 aliphatic rings.